The summed E-state index contributed by atoms with van der Waals surface area (Å²) in [7, 11) is 0. The Kier molecular flexibility index (Phi) is 2.96. The van der Waals surface area contributed by atoms with Crippen LogP contribution in [0.5, 0.6) is 11.5 Å². The van der Waals surface area contributed by atoms with E-state index in [2.05, 4.69) is 0 Å². The quantitative estimate of drug-likeness (QED) is 0.765. The SMILES string of the molecule is CC(C)(O)[C@H]1Cc2c(cc3oc(CO)cc(=O)c3c2O)O1. The van der Waals surface area contributed by atoms with Gasteiger partial charge in [-0.15, -0.1) is 0 Å². The van der Waals surface area contributed by atoms with Gasteiger partial charge in [0.15, 0.2) is 5.43 Å². The van der Waals surface area contributed by atoms with Gasteiger partial charge in [-0.3, -0.25) is 4.79 Å². The van der Waals surface area contributed by atoms with Gasteiger partial charge >= 0.3 is 0 Å². The minimum absolute atomic E-state index is 0.0611. The van der Waals surface area contributed by atoms with Gasteiger partial charge in [-0.05, 0) is 13.8 Å². The molecule has 0 radical (unpaired) electrons. The second-order valence-electron chi connectivity index (χ2n) is 5.77. The van der Waals surface area contributed by atoms with Gasteiger partial charge in [-0.1, -0.05) is 0 Å². The molecule has 0 saturated heterocycles. The third-order valence-corrected chi connectivity index (χ3v) is 3.71. The summed E-state index contributed by atoms with van der Waals surface area (Å²) in [6.07, 6.45) is -0.204. The van der Waals surface area contributed by atoms with Crippen LogP contribution in [0.15, 0.2) is 21.3 Å². The van der Waals surface area contributed by atoms with E-state index in [9.17, 15) is 15.0 Å². The van der Waals surface area contributed by atoms with Gasteiger partial charge < -0.3 is 24.5 Å². The Hall–Kier alpha value is -2.05. The lowest BCUT2D eigenvalue weighted by molar-refractivity contribution is -0.0229. The molecule has 0 fully saturated rings. The highest BCUT2D eigenvalue weighted by molar-refractivity contribution is 5.87. The number of hydrogen-bond donors (Lipinski definition) is 3. The average molecular weight is 292 g/mol. The molecule has 6 heteroatoms. The predicted octanol–water partition coefficient (Wildman–Crippen LogP) is 1.07. The fourth-order valence-corrected chi connectivity index (χ4v) is 2.52. The summed E-state index contributed by atoms with van der Waals surface area (Å²) in [5.41, 5.74) is -0.865. The maximum absolute atomic E-state index is 12.0. The lowest BCUT2D eigenvalue weighted by Crippen LogP contribution is -2.39. The van der Waals surface area contributed by atoms with Crippen molar-refractivity contribution < 1.29 is 24.5 Å². The number of phenolic OH excluding ortho intramolecular Hbond substituents is 1. The molecule has 1 aliphatic heterocycles. The van der Waals surface area contributed by atoms with Crippen LogP contribution in [0.25, 0.3) is 11.0 Å². The molecule has 3 rings (SSSR count). The second-order valence-corrected chi connectivity index (χ2v) is 5.77. The number of ether oxygens (including phenoxy) is 1. The zero-order valence-corrected chi connectivity index (χ0v) is 11.7. The Morgan fingerprint density at radius 3 is 2.71 bits per heavy atom. The van der Waals surface area contributed by atoms with E-state index in [-0.39, 0.29) is 22.5 Å². The summed E-state index contributed by atoms with van der Waals surface area (Å²) < 4.78 is 11.0. The first-order valence-corrected chi connectivity index (χ1v) is 6.62. The van der Waals surface area contributed by atoms with Crippen molar-refractivity contribution in [3.05, 3.63) is 33.7 Å². The maximum atomic E-state index is 12.0. The highest BCUT2D eigenvalue weighted by Gasteiger charge is 2.37. The number of fused-ring (bicyclic) bond motifs is 2. The van der Waals surface area contributed by atoms with Gasteiger partial charge in [0.1, 0.15) is 40.9 Å². The first kappa shape index (κ1) is 13.9. The first-order chi connectivity index (χ1) is 9.81. The van der Waals surface area contributed by atoms with Crippen molar-refractivity contribution in [2.24, 2.45) is 0 Å². The number of aliphatic hydroxyl groups is 2. The van der Waals surface area contributed by atoms with Crippen LogP contribution in [0, 0.1) is 0 Å². The standard InChI is InChI=1S/C15H16O6/c1-15(2,19)12-4-8-10(21-12)5-11-13(14(8)18)9(17)3-7(6-16)20-11/h3,5,12,16,18-19H,4,6H2,1-2H3/t12-/m1/s1. The molecule has 0 spiro atoms. The molecule has 112 valence electrons. The van der Waals surface area contributed by atoms with Gasteiger partial charge in [-0.2, -0.15) is 0 Å². The number of hydrogen-bond acceptors (Lipinski definition) is 6. The third-order valence-electron chi connectivity index (χ3n) is 3.71. The Balaban J connectivity index is 2.21. The lowest BCUT2D eigenvalue weighted by atomic mass is 9.96. The van der Waals surface area contributed by atoms with Crippen molar-refractivity contribution in [1.29, 1.82) is 0 Å². The minimum Gasteiger partial charge on any atom is -0.507 e. The maximum Gasteiger partial charge on any atom is 0.196 e. The summed E-state index contributed by atoms with van der Waals surface area (Å²) in [6, 6.07) is 2.66. The van der Waals surface area contributed by atoms with E-state index >= 15 is 0 Å². The smallest absolute Gasteiger partial charge is 0.196 e. The van der Waals surface area contributed by atoms with E-state index < -0.39 is 23.7 Å². The molecular formula is C15H16O6. The fraction of sp³-hybridized carbons (Fsp3) is 0.400. The number of phenols is 1. The van der Waals surface area contributed by atoms with Gasteiger partial charge in [0.05, 0.1) is 5.60 Å². The molecule has 0 unspecified atom stereocenters. The largest absolute Gasteiger partial charge is 0.507 e. The van der Waals surface area contributed by atoms with E-state index in [1.165, 1.54) is 6.07 Å². The molecule has 0 bridgehead atoms. The predicted molar refractivity (Wildman–Crippen MR) is 74.5 cm³/mol. The second kappa shape index (κ2) is 4.47. The van der Waals surface area contributed by atoms with Crippen LogP contribution >= 0.6 is 0 Å². The van der Waals surface area contributed by atoms with Crippen molar-refractivity contribution in [2.75, 3.05) is 0 Å². The summed E-state index contributed by atoms with van der Waals surface area (Å²) >= 11 is 0. The first-order valence-electron chi connectivity index (χ1n) is 6.62. The van der Waals surface area contributed by atoms with Crippen molar-refractivity contribution in [3.8, 4) is 11.5 Å². The van der Waals surface area contributed by atoms with Crippen LogP contribution in [0.3, 0.4) is 0 Å². The minimum atomic E-state index is -1.08. The van der Waals surface area contributed by atoms with E-state index in [4.69, 9.17) is 14.3 Å². The van der Waals surface area contributed by atoms with E-state index in [1.54, 1.807) is 13.8 Å². The Bertz CT molecular complexity index is 768. The Labute approximate surface area is 120 Å². The summed E-state index contributed by atoms with van der Waals surface area (Å²) in [6.45, 7) is 2.83. The average Bonchev–Trinajstić information content (AvgIpc) is 2.82. The van der Waals surface area contributed by atoms with E-state index in [0.717, 1.165) is 6.07 Å². The van der Waals surface area contributed by atoms with Gasteiger partial charge in [0.2, 0.25) is 0 Å². The lowest BCUT2D eigenvalue weighted by Gasteiger charge is -2.24. The van der Waals surface area contributed by atoms with Crippen LogP contribution in [0.2, 0.25) is 0 Å². The van der Waals surface area contributed by atoms with Gasteiger partial charge in [0, 0.05) is 24.1 Å². The molecule has 1 atom stereocenters. The van der Waals surface area contributed by atoms with Gasteiger partial charge in [-0.25, -0.2) is 0 Å². The number of aliphatic hydroxyl groups excluding tert-OH is 1. The van der Waals surface area contributed by atoms with Crippen molar-refractivity contribution in [3.63, 3.8) is 0 Å². The highest BCUT2D eigenvalue weighted by atomic mass is 16.5. The number of benzene rings is 1. The van der Waals surface area contributed by atoms with E-state index in [1.807, 2.05) is 0 Å². The topological polar surface area (TPSA) is 100 Å². The van der Waals surface area contributed by atoms with Crippen LogP contribution in [0.1, 0.15) is 25.2 Å². The molecule has 0 saturated carbocycles. The zero-order valence-electron chi connectivity index (χ0n) is 11.7. The fourth-order valence-electron chi connectivity index (χ4n) is 2.52. The summed E-state index contributed by atoms with van der Waals surface area (Å²) in [5.74, 6) is 0.307. The number of rotatable bonds is 2. The Morgan fingerprint density at radius 2 is 2.10 bits per heavy atom. The summed E-state index contributed by atoms with van der Waals surface area (Å²) in [5, 5.41) is 29.5. The van der Waals surface area contributed by atoms with Crippen LogP contribution in [0.4, 0.5) is 0 Å². The monoisotopic (exact) mass is 292 g/mol. The van der Waals surface area contributed by atoms with Crippen molar-refractivity contribution in [1.82, 2.24) is 0 Å². The molecule has 1 aromatic heterocycles. The normalized spacial score (nSPS) is 17.8. The van der Waals surface area contributed by atoms with Crippen molar-refractivity contribution in [2.45, 2.75) is 38.6 Å². The number of aromatic hydroxyl groups is 1. The third kappa shape index (κ3) is 2.16. The Morgan fingerprint density at radius 1 is 1.38 bits per heavy atom. The molecule has 21 heavy (non-hydrogen) atoms. The molecule has 2 aromatic rings. The van der Waals surface area contributed by atoms with Crippen LogP contribution in [-0.4, -0.2) is 27.0 Å². The van der Waals surface area contributed by atoms with Crippen LogP contribution in [-0.2, 0) is 13.0 Å². The molecule has 2 heterocycles. The highest BCUT2D eigenvalue weighted by Crippen LogP contribution is 2.42. The molecule has 1 aromatic carbocycles. The molecule has 1 aliphatic rings. The molecule has 0 amide bonds. The molecule has 0 aliphatic carbocycles. The molecule has 3 N–H and O–H groups in total. The zero-order chi connectivity index (χ0) is 15.4. The molecule has 6 nitrogen and oxygen atoms in total. The van der Waals surface area contributed by atoms with Gasteiger partial charge in [0.25, 0.3) is 0 Å². The summed E-state index contributed by atoms with van der Waals surface area (Å²) in [4.78, 5) is 12.0. The molecular weight excluding hydrogens is 276 g/mol. The van der Waals surface area contributed by atoms with E-state index in [0.29, 0.717) is 17.7 Å². The van der Waals surface area contributed by atoms with Crippen LogP contribution < -0.4 is 10.2 Å². The van der Waals surface area contributed by atoms with Crippen molar-refractivity contribution >= 4 is 11.0 Å².